The summed E-state index contributed by atoms with van der Waals surface area (Å²) < 4.78 is 27.4. The first-order valence-corrected chi connectivity index (χ1v) is 7.84. The summed E-state index contributed by atoms with van der Waals surface area (Å²) in [7, 11) is -3.39. The van der Waals surface area contributed by atoms with Crippen molar-refractivity contribution in [3.8, 4) is 0 Å². The first-order chi connectivity index (χ1) is 8.08. The van der Waals surface area contributed by atoms with E-state index in [0.717, 1.165) is 23.9 Å². The van der Waals surface area contributed by atoms with Crippen molar-refractivity contribution in [1.29, 1.82) is 0 Å². The molecule has 1 saturated heterocycles. The van der Waals surface area contributed by atoms with Crippen molar-refractivity contribution in [3.05, 3.63) is 28.7 Å². The van der Waals surface area contributed by atoms with Gasteiger partial charge < -0.3 is 5.32 Å². The summed E-state index contributed by atoms with van der Waals surface area (Å²) in [5.41, 5.74) is 0. The van der Waals surface area contributed by atoms with E-state index in [2.05, 4.69) is 26.0 Å². The Kier molecular flexibility index (Phi) is 6.07. The van der Waals surface area contributed by atoms with E-state index < -0.39 is 10.0 Å². The van der Waals surface area contributed by atoms with Gasteiger partial charge in [-0.15, -0.1) is 12.4 Å². The third-order valence-electron chi connectivity index (χ3n) is 2.79. The smallest absolute Gasteiger partial charge is 0.240 e. The van der Waals surface area contributed by atoms with Crippen LogP contribution in [-0.4, -0.2) is 27.5 Å². The Morgan fingerprint density at radius 1 is 1.44 bits per heavy atom. The van der Waals surface area contributed by atoms with Gasteiger partial charge in [0.1, 0.15) is 0 Å². The summed E-state index contributed by atoms with van der Waals surface area (Å²) in [6.07, 6.45) is 2.14. The number of sulfonamides is 1. The molecule has 1 unspecified atom stereocenters. The Balaban J connectivity index is 0.00000162. The molecule has 4 nitrogen and oxygen atoms in total. The molecule has 2 rings (SSSR count). The fourth-order valence-electron chi connectivity index (χ4n) is 1.86. The second-order valence-electron chi connectivity index (χ2n) is 4.10. The zero-order valence-electron chi connectivity index (χ0n) is 9.73. The molecule has 1 aromatic rings. The molecule has 1 heterocycles. The van der Waals surface area contributed by atoms with Crippen LogP contribution in [0.25, 0.3) is 0 Å². The van der Waals surface area contributed by atoms with Gasteiger partial charge in [0.25, 0.3) is 0 Å². The molecule has 0 amide bonds. The van der Waals surface area contributed by atoms with Crippen LogP contribution in [0.2, 0.25) is 0 Å². The van der Waals surface area contributed by atoms with Gasteiger partial charge in [-0.05, 0) is 37.6 Å². The molecule has 102 valence electrons. The van der Waals surface area contributed by atoms with E-state index in [1.54, 1.807) is 24.3 Å². The number of nitrogens with one attached hydrogen (secondary N) is 2. The van der Waals surface area contributed by atoms with Crippen molar-refractivity contribution in [2.24, 2.45) is 0 Å². The summed E-state index contributed by atoms with van der Waals surface area (Å²) in [5.74, 6) is 0. The molecule has 0 radical (unpaired) electrons. The molecule has 0 aromatic heterocycles. The second-order valence-corrected chi connectivity index (χ2v) is 6.79. The highest BCUT2D eigenvalue weighted by Gasteiger charge is 2.19. The molecule has 7 heteroatoms. The van der Waals surface area contributed by atoms with Crippen molar-refractivity contribution in [2.75, 3.05) is 13.1 Å². The predicted molar refractivity (Wildman–Crippen MR) is 77.6 cm³/mol. The maximum atomic E-state index is 12.0. The Morgan fingerprint density at radius 2 is 2.22 bits per heavy atom. The highest BCUT2D eigenvalue weighted by molar-refractivity contribution is 9.10. The SMILES string of the molecule is Cl.O=S(=O)(NCC1CCCN1)c1cccc(Br)c1. The highest BCUT2D eigenvalue weighted by Crippen LogP contribution is 2.16. The summed E-state index contributed by atoms with van der Waals surface area (Å²) in [5, 5.41) is 3.26. The third-order valence-corrected chi connectivity index (χ3v) is 4.70. The molecule has 1 aliphatic rings. The van der Waals surface area contributed by atoms with Gasteiger partial charge in [-0.3, -0.25) is 0 Å². The van der Waals surface area contributed by atoms with Gasteiger partial charge >= 0.3 is 0 Å². The fourth-order valence-corrected chi connectivity index (χ4v) is 3.54. The van der Waals surface area contributed by atoms with Crippen molar-refractivity contribution in [2.45, 2.75) is 23.8 Å². The monoisotopic (exact) mass is 354 g/mol. The molecular weight excluding hydrogens is 340 g/mol. The summed E-state index contributed by atoms with van der Waals surface area (Å²) >= 11 is 3.27. The van der Waals surface area contributed by atoms with Gasteiger partial charge in [0, 0.05) is 17.1 Å². The lowest BCUT2D eigenvalue weighted by Gasteiger charge is -2.12. The largest absolute Gasteiger partial charge is 0.313 e. The predicted octanol–water partition coefficient (Wildman–Crippen LogP) is 1.90. The average molecular weight is 356 g/mol. The van der Waals surface area contributed by atoms with Crippen LogP contribution in [0, 0.1) is 0 Å². The van der Waals surface area contributed by atoms with Gasteiger partial charge in [-0.2, -0.15) is 0 Å². The molecule has 0 aliphatic carbocycles. The van der Waals surface area contributed by atoms with E-state index in [1.165, 1.54) is 0 Å². The van der Waals surface area contributed by atoms with Crippen molar-refractivity contribution < 1.29 is 8.42 Å². The van der Waals surface area contributed by atoms with E-state index >= 15 is 0 Å². The normalized spacial score (nSPS) is 19.5. The Labute approximate surface area is 122 Å². The standard InChI is InChI=1S/C11H15BrN2O2S.ClH/c12-9-3-1-5-11(7-9)17(15,16)14-8-10-4-2-6-13-10;/h1,3,5,7,10,13-14H,2,4,6,8H2;1H. The van der Waals surface area contributed by atoms with Crippen LogP contribution in [-0.2, 0) is 10.0 Å². The molecule has 18 heavy (non-hydrogen) atoms. The second kappa shape index (κ2) is 6.86. The Hall–Kier alpha value is -0.140. The number of hydrogen-bond acceptors (Lipinski definition) is 3. The number of rotatable bonds is 4. The number of hydrogen-bond donors (Lipinski definition) is 2. The lowest BCUT2D eigenvalue weighted by atomic mass is 10.2. The van der Waals surface area contributed by atoms with E-state index in [0.29, 0.717) is 11.4 Å². The molecule has 2 N–H and O–H groups in total. The van der Waals surface area contributed by atoms with Crippen LogP contribution in [0.15, 0.2) is 33.6 Å². The summed E-state index contributed by atoms with van der Waals surface area (Å²) in [6.45, 7) is 1.43. The maximum absolute atomic E-state index is 12.0. The minimum atomic E-state index is -3.39. The van der Waals surface area contributed by atoms with Crippen molar-refractivity contribution >= 4 is 38.4 Å². The topological polar surface area (TPSA) is 58.2 Å². The van der Waals surface area contributed by atoms with Gasteiger partial charge in [-0.25, -0.2) is 13.1 Å². The van der Waals surface area contributed by atoms with E-state index in [4.69, 9.17) is 0 Å². The molecule has 1 atom stereocenters. The summed E-state index contributed by atoms with van der Waals surface area (Å²) in [4.78, 5) is 0.296. The van der Waals surface area contributed by atoms with Crippen LogP contribution in [0.5, 0.6) is 0 Å². The Morgan fingerprint density at radius 3 is 2.83 bits per heavy atom. The molecule has 1 aromatic carbocycles. The highest BCUT2D eigenvalue weighted by atomic mass is 79.9. The van der Waals surface area contributed by atoms with Gasteiger partial charge in [0.05, 0.1) is 4.90 Å². The number of halogens is 2. The fraction of sp³-hybridized carbons (Fsp3) is 0.455. The van der Waals surface area contributed by atoms with Crippen LogP contribution in [0.4, 0.5) is 0 Å². The maximum Gasteiger partial charge on any atom is 0.240 e. The van der Waals surface area contributed by atoms with Crippen LogP contribution in [0.3, 0.4) is 0 Å². The van der Waals surface area contributed by atoms with Crippen LogP contribution >= 0.6 is 28.3 Å². The van der Waals surface area contributed by atoms with Gasteiger partial charge in [0.15, 0.2) is 0 Å². The first kappa shape index (κ1) is 15.9. The zero-order chi connectivity index (χ0) is 12.3. The quantitative estimate of drug-likeness (QED) is 0.867. The third kappa shape index (κ3) is 4.20. The average Bonchev–Trinajstić information content (AvgIpc) is 2.79. The molecule has 1 aliphatic heterocycles. The van der Waals surface area contributed by atoms with E-state index in [-0.39, 0.29) is 18.4 Å². The first-order valence-electron chi connectivity index (χ1n) is 5.56. The van der Waals surface area contributed by atoms with Gasteiger partial charge in [-0.1, -0.05) is 22.0 Å². The van der Waals surface area contributed by atoms with Crippen molar-refractivity contribution in [1.82, 2.24) is 10.0 Å². The molecule has 0 bridgehead atoms. The molecular formula is C11H16BrClN2O2S. The lowest BCUT2D eigenvalue weighted by molar-refractivity contribution is 0.552. The lowest BCUT2D eigenvalue weighted by Crippen LogP contribution is -2.37. The molecule has 1 fully saturated rings. The molecule has 0 saturated carbocycles. The summed E-state index contributed by atoms with van der Waals surface area (Å²) in [6, 6.07) is 6.97. The van der Waals surface area contributed by atoms with Crippen LogP contribution in [0.1, 0.15) is 12.8 Å². The molecule has 0 spiro atoms. The minimum absolute atomic E-state index is 0. The van der Waals surface area contributed by atoms with E-state index in [1.807, 2.05) is 0 Å². The van der Waals surface area contributed by atoms with Crippen molar-refractivity contribution in [3.63, 3.8) is 0 Å². The van der Waals surface area contributed by atoms with E-state index in [9.17, 15) is 8.42 Å². The Bertz CT molecular complexity index is 490. The van der Waals surface area contributed by atoms with Gasteiger partial charge in [0.2, 0.25) is 10.0 Å². The minimum Gasteiger partial charge on any atom is -0.313 e. The zero-order valence-corrected chi connectivity index (χ0v) is 12.9. The number of benzene rings is 1. The van der Waals surface area contributed by atoms with Crippen LogP contribution < -0.4 is 10.0 Å².